The smallest absolute Gasteiger partial charge is 0.340 e. The van der Waals surface area contributed by atoms with Crippen LogP contribution in [0.3, 0.4) is 0 Å². The highest BCUT2D eigenvalue weighted by Gasteiger charge is 2.53. The first kappa shape index (κ1) is 19.3. The number of aryl methyl sites for hydroxylation is 2. The first-order valence-electron chi connectivity index (χ1n) is 10.4. The average molecular weight is 386 g/mol. The fourth-order valence-electron chi connectivity index (χ4n) is 4.20. The lowest BCUT2D eigenvalue weighted by molar-refractivity contribution is 0.0224. The highest BCUT2D eigenvalue weighted by molar-refractivity contribution is 5.97. The predicted octanol–water partition coefficient (Wildman–Crippen LogP) is 6.41. The molecular weight excluding hydrogens is 360 g/mol. The zero-order valence-electron chi connectivity index (χ0n) is 17.4. The minimum atomic E-state index is -0.949. The van der Waals surface area contributed by atoms with Gasteiger partial charge in [-0.3, -0.25) is 0 Å². The van der Waals surface area contributed by atoms with E-state index in [1.54, 1.807) is 0 Å². The second-order valence-corrected chi connectivity index (χ2v) is 7.09. The molecule has 2 aliphatic heterocycles. The summed E-state index contributed by atoms with van der Waals surface area (Å²) in [4.78, 5) is 12.7. The van der Waals surface area contributed by atoms with Gasteiger partial charge in [-0.2, -0.15) is 0 Å². The molecule has 0 amide bonds. The third kappa shape index (κ3) is 2.76. The van der Waals surface area contributed by atoms with Crippen LogP contribution in [0.1, 0.15) is 65.9 Å². The van der Waals surface area contributed by atoms with Gasteiger partial charge in [0.1, 0.15) is 11.5 Å². The predicted molar refractivity (Wildman–Crippen MR) is 115 cm³/mol. The van der Waals surface area contributed by atoms with Gasteiger partial charge in [0.15, 0.2) is 5.60 Å². The lowest BCUT2D eigenvalue weighted by atomic mass is 9.77. The Hall–Kier alpha value is -3.07. The van der Waals surface area contributed by atoms with Gasteiger partial charge in [0, 0.05) is 16.7 Å². The Kier molecular flexibility index (Phi) is 4.91. The van der Waals surface area contributed by atoms with Gasteiger partial charge in [0.05, 0.1) is 5.56 Å². The van der Waals surface area contributed by atoms with Crippen LogP contribution in [-0.2, 0) is 23.2 Å². The maximum Gasteiger partial charge on any atom is 0.340 e. The number of fused-ring (bicyclic) bond motifs is 6. The van der Waals surface area contributed by atoms with Gasteiger partial charge >= 0.3 is 5.97 Å². The van der Waals surface area contributed by atoms with Crippen molar-refractivity contribution in [3.8, 4) is 11.5 Å². The number of rotatable bonds is 2. The number of ether oxygens (including phenoxy) is 2. The molecule has 0 bridgehead atoms. The van der Waals surface area contributed by atoms with E-state index in [9.17, 15) is 4.79 Å². The molecule has 1 spiro atoms. The van der Waals surface area contributed by atoms with Crippen molar-refractivity contribution in [1.82, 2.24) is 0 Å². The molecule has 3 heteroatoms. The van der Waals surface area contributed by atoms with Crippen LogP contribution in [0.15, 0.2) is 60.7 Å². The van der Waals surface area contributed by atoms with Gasteiger partial charge < -0.3 is 9.47 Å². The van der Waals surface area contributed by atoms with E-state index in [1.807, 2.05) is 50.2 Å². The average Bonchev–Trinajstić information content (AvgIpc) is 3.07. The minimum absolute atomic E-state index is 0.288. The molecule has 3 aromatic carbocycles. The van der Waals surface area contributed by atoms with E-state index < -0.39 is 5.60 Å². The van der Waals surface area contributed by atoms with Crippen molar-refractivity contribution in [3.63, 3.8) is 0 Å². The fourth-order valence-corrected chi connectivity index (χ4v) is 4.20. The summed E-state index contributed by atoms with van der Waals surface area (Å²) >= 11 is 0. The molecule has 0 aliphatic carbocycles. The van der Waals surface area contributed by atoms with Crippen LogP contribution in [0.25, 0.3) is 0 Å². The quantitative estimate of drug-likeness (QED) is 0.478. The van der Waals surface area contributed by atoms with Crippen molar-refractivity contribution in [2.75, 3.05) is 0 Å². The van der Waals surface area contributed by atoms with E-state index in [2.05, 4.69) is 38.1 Å². The highest BCUT2D eigenvalue weighted by Crippen LogP contribution is 2.56. The SMILES string of the molecule is CC.CCc1ccc2c(c1)Oc1cc(CC)ccc1C21OC(=O)c2ccccc21. The van der Waals surface area contributed by atoms with Gasteiger partial charge in [0.25, 0.3) is 0 Å². The molecule has 0 aromatic heterocycles. The van der Waals surface area contributed by atoms with Crippen LogP contribution in [0, 0.1) is 0 Å². The lowest BCUT2D eigenvalue weighted by Crippen LogP contribution is -2.33. The first-order chi connectivity index (χ1) is 14.2. The summed E-state index contributed by atoms with van der Waals surface area (Å²) < 4.78 is 12.4. The third-order valence-corrected chi connectivity index (χ3v) is 5.66. The van der Waals surface area contributed by atoms with Crippen molar-refractivity contribution in [2.24, 2.45) is 0 Å². The van der Waals surface area contributed by atoms with Crippen LogP contribution >= 0.6 is 0 Å². The number of hydrogen-bond donors (Lipinski definition) is 0. The van der Waals surface area contributed by atoms with Crippen LogP contribution < -0.4 is 4.74 Å². The molecule has 2 aliphatic rings. The zero-order valence-corrected chi connectivity index (χ0v) is 17.4. The molecule has 5 rings (SSSR count). The summed E-state index contributed by atoms with van der Waals surface area (Å²) in [5.41, 5.74) is 4.71. The lowest BCUT2D eigenvalue weighted by Gasteiger charge is -2.37. The topological polar surface area (TPSA) is 35.5 Å². The maximum atomic E-state index is 12.7. The normalized spacial score (nSPS) is 14.7. The summed E-state index contributed by atoms with van der Waals surface area (Å²) in [6, 6.07) is 20.0. The van der Waals surface area contributed by atoms with Crippen LogP contribution in [0.2, 0.25) is 0 Å². The van der Waals surface area contributed by atoms with Crippen molar-refractivity contribution < 1.29 is 14.3 Å². The Morgan fingerprint density at radius 3 is 1.86 bits per heavy atom. The standard InChI is InChI=1S/C24H20O3.C2H6/c1-3-15-9-11-19-21(13-15)26-22-14-16(4-2)10-12-20(22)24(19)18-8-6-5-7-17(18)23(25)27-24;1-2/h5-14H,3-4H2,1-2H3;1-2H3. The largest absolute Gasteiger partial charge is 0.456 e. The summed E-state index contributed by atoms with van der Waals surface area (Å²) in [6.07, 6.45) is 1.84. The molecule has 3 nitrogen and oxygen atoms in total. The first-order valence-corrected chi connectivity index (χ1v) is 10.4. The van der Waals surface area contributed by atoms with Crippen molar-refractivity contribution in [3.05, 3.63) is 94.0 Å². The second-order valence-electron chi connectivity index (χ2n) is 7.09. The Bertz CT molecular complexity index is 1030. The van der Waals surface area contributed by atoms with E-state index in [0.717, 1.165) is 41.0 Å². The maximum absolute atomic E-state index is 12.7. The molecule has 29 heavy (non-hydrogen) atoms. The van der Waals surface area contributed by atoms with Gasteiger partial charge in [-0.1, -0.05) is 70.2 Å². The highest BCUT2D eigenvalue weighted by atomic mass is 16.6. The van der Waals surface area contributed by atoms with E-state index in [0.29, 0.717) is 5.56 Å². The summed E-state index contributed by atoms with van der Waals surface area (Å²) in [7, 11) is 0. The molecule has 0 saturated heterocycles. The Balaban J connectivity index is 0.000000994. The van der Waals surface area contributed by atoms with Crippen LogP contribution in [-0.4, -0.2) is 5.97 Å². The number of benzene rings is 3. The van der Waals surface area contributed by atoms with Gasteiger partial charge in [-0.05, 0) is 42.2 Å². The molecule has 3 aromatic rings. The molecule has 0 N–H and O–H groups in total. The second kappa shape index (κ2) is 7.40. The summed E-state index contributed by atoms with van der Waals surface area (Å²) in [5, 5.41) is 0. The zero-order chi connectivity index (χ0) is 20.6. The number of carbonyl (C=O) groups is 1. The Morgan fingerprint density at radius 1 is 0.759 bits per heavy atom. The monoisotopic (exact) mass is 386 g/mol. The molecule has 0 saturated carbocycles. The van der Waals surface area contributed by atoms with Gasteiger partial charge in [-0.15, -0.1) is 0 Å². The molecule has 0 atom stereocenters. The molecule has 2 heterocycles. The number of carbonyl (C=O) groups excluding carboxylic acids is 1. The Morgan fingerprint density at radius 2 is 1.31 bits per heavy atom. The molecule has 148 valence electrons. The molecule has 0 unspecified atom stereocenters. The van der Waals surface area contributed by atoms with Crippen LogP contribution in [0.5, 0.6) is 11.5 Å². The van der Waals surface area contributed by atoms with E-state index in [-0.39, 0.29) is 5.97 Å². The van der Waals surface area contributed by atoms with Crippen molar-refractivity contribution in [1.29, 1.82) is 0 Å². The van der Waals surface area contributed by atoms with Crippen LogP contribution in [0.4, 0.5) is 0 Å². The molecular formula is C26H26O3. The third-order valence-electron chi connectivity index (χ3n) is 5.66. The number of hydrogen-bond acceptors (Lipinski definition) is 3. The number of esters is 1. The summed E-state index contributed by atoms with van der Waals surface area (Å²) in [6.45, 7) is 8.24. The Labute approximate surface area is 172 Å². The van der Waals surface area contributed by atoms with Crippen molar-refractivity contribution >= 4 is 5.97 Å². The summed E-state index contributed by atoms with van der Waals surface area (Å²) in [5.74, 6) is 1.24. The van der Waals surface area contributed by atoms with E-state index >= 15 is 0 Å². The minimum Gasteiger partial charge on any atom is -0.456 e. The molecule has 0 fully saturated rings. The van der Waals surface area contributed by atoms with E-state index in [4.69, 9.17) is 9.47 Å². The van der Waals surface area contributed by atoms with E-state index in [1.165, 1.54) is 11.1 Å². The fraction of sp³-hybridized carbons (Fsp3) is 0.269. The van der Waals surface area contributed by atoms with Crippen molar-refractivity contribution in [2.45, 2.75) is 46.1 Å². The van der Waals surface area contributed by atoms with Gasteiger partial charge in [0.2, 0.25) is 0 Å². The van der Waals surface area contributed by atoms with Gasteiger partial charge in [-0.25, -0.2) is 4.79 Å². The molecule has 0 radical (unpaired) electrons.